The van der Waals surface area contributed by atoms with Crippen LogP contribution in [0.25, 0.3) is 0 Å². The molecular formula is C16H36F3PSb+. The van der Waals surface area contributed by atoms with Crippen LogP contribution in [0.15, 0.2) is 0 Å². The Bertz CT molecular complexity index is 164. The first-order valence-electron chi connectivity index (χ1n) is 8.60. The number of rotatable bonds is 12. The SMILES string of the molecule is CCCC[P+](CCCC)(CCCC)CCCC.[F][Sb]([F])[F]. The molecule has 0 nitrogen and oxygen atoms in total. The van der Waals surface area contributed by atoms with Crippen LogP contribution in [0.4, 0.5) is 8.44 Å². The van der Waals surface area contributed by atoms with Crippen molar-refractivity contribution in [2.45, 2.75) is 79.1 Å². The summed E-state index contributed by atoms with van der Waals surface area (Å²) in [7, 11) is -0.562. The van der Waals surface area contributed by atoms with Gasteiger partial charge in [-0.1, -0.05) is 53.4 Å². The van der Waals surface area contributed by atoms with Crippen molar-refractivity contribution in [1.82, 2.24) is 0 Å². The van der Waals surface area contributed by atoms with Crippen LogP contribution in [0.2, 0.25) is 0 Å². The van der Waals surface area contributed by atoms with E-state index >= 15 is 0 Å². The van der Waals surface area contributed by atoms with Gasteiger partial charge in [0.25, 0.3) is 0 Å². The van der Waals surface area contributed by atoms with Crippen molar-refractivity contribution in [1.29, 1.82) is 0 Å². The molecule has 0 aromatic rings. The van der Waals surface area contributed by atoms with Crippen LogP contribution in [-0.4, -0.2) is 46.6 Å². The second-order valence-corrected chi connectivity index (χ2v) is 11.4. The van der Waals surface area contributed by atoms with Crippen LogP contribution in [0.5, 0.6) is 0 Å². The molecule has 130 valence electrons. The minimum absolute atomic E-state index is 0.562. The van der Waals surface area contributed by atoms with Gasteiger partial charge in [-0.3, -0.25) is 0 Å². The molecular weight excluding hydrogens is 402 g/mol. The second-order valence-electron chi connectivity index (χ2n) is 5.84. The van der Waals surface area contributed by atoms with Crippen LogP contribution < -0.4 is 0 Å². The zero-order valence-electron chi connectivity index (χ0n) is 14.5. The molecule has 0 amide bonds. The minimum atomic E-state index is -4.95. The number of unbranched alkanes of at least 4 members (excludes halogenated alkanes) is 4. The molecule has 0 heterocycles. The maximum atomic E-state index is 9.85. The summed E-state index contributed by atoms with van der Waals surface area (Å²) in [6.07, 6.45) is 17.9. The first-order chi connectivity index (χ1) is 9.97. The van der Waals surface area contributed by atoms with E-state index in [2.05, 4.69) is 27.7 Å². The van der Waals surface area contributed by atoms with Gasteiger partial charge in [-0.2, -0.15) is 0 Å². The molecule has 0 spiro atoms. The molecule has 0 unspecified atom stereocenters. The average Bonchev–Trinajstić information content (AvgIpc) is 2.45. The van der Waals surface area contributed by atoms with Gasteiger partial charge in [0.15, 0.2) is 0 Å². The fourth-order valence-corrected chi connectivity index (χ4v) is 7.93. The van der Waals surface area contributed by atoms with Crippen molar-refractivity contribution in [3.05, 3.63) is 0 Å². The van der Waals surface area contributed by atoms with Crippen molar-refractivity contribution in [3.8, 4) is 0 Å². The normalized spacial score (nSPS) is 11.4. The summed E-state index contributed by atoms with van der Waals surface area (Å²) in [6, 6.07) is 0. The molecule has 0 aliphatic heterocycles. The van der Waals surface area contributed by atoms with Crippen molar-refractivity contribution in [2.75, 3.05) is 24.6 Å². The third kappa shape index (κ3) is 17.2. The maximum absolute atomic E-state index is 9.85. The van der Waals surface area contributed by atoms with E-state index in [1.165, 1.54) is 51.4 Å². The molecule has 0 aromatic heterocycles. The van der Waals surface area contributed by atoms with Crippen molar-refractivity contribution in [3.63, 3.8) is 0 Å². The van der Waals surface area contributed by atoms with Crippen LogP contribution in [0.3, 0.4) is 0 Å². The predicted octanol–water partition coefficient (Wildman–Crippen LogP) is 7.08. The molecule has 0 fully saturated rings. The van der Waals surface area contributed by atoms with Crippen molar-refractivity contribution >= 4 is 29.2 Å². The Balaban J connectivity index is 0. The van der Waals surface area contributed by atoms with E-state index in [9.17, 15) is 8.44 Å². The van der Waals surface area contributed by atoms with Gasteiger partial charge in [0.2, 0.25) is 0 Å². The molecule has 0 atom stereocenters. The molecule has 0 saturated heterocycles. The monoisotopic (exact) mass is 437 g/mol. The Morgan fingerprint density at radius 3 is 0.905 bits per heavy atom. The van der Waals surface area contributed by atoms with E-state index < -0.39 is 29.2 Å². The molecule has 0 saturated carbocycles. The summed E-state index contributed by atoms with van der Waals surface area (Å²) < 4.78 is 29.6. The molecule has 0 N–H and O–H groups in total. The predicted molar refractivity (Wildman–Crippen MR) is 95.1 cm³/mol. The van der Waals surface area contributed by atoms with E-state index in [4.69, 9.17) is 0 Å². The first kappa shape index (κ1) is 24.3. The zero-order chi connectivity index (χ0) is 16.6. The summed E-state index contributed by atoms with van der Waals surface area (Å²) in [5.74, 6) is 0. The molecule has 0 aliphatic rings. The first-order valence-corrected chi connectivity index (χ1v) is 14.0. The fraction of sp³-hybridized carbons (Fsp3) is 1.00. The summed E-state index contributed by atoms with van der Waals surface area (Å²) in [6.45, 7) is 9.42. The third-order valence-corrected chi connectivity index (χ3v) is 9.00. The molecule has 21 heavy (non-hydrogen) atoms. The number of hydrogen-bond acceptors (Lipinski definition) is 0. The standard InChI is InChI=1S/C16H36P.3FH.Sb/c1-5-9-13-17(14-10-6-2,15-11-7-3)16-12-8-4;;;;/h5-16H2,1-4H3;3*1H;/q+1;;;;+3/p-3. The van der Waals surface area contributed by atoms with Crippen molar-refractivity contribution in [2.24, 2.45) is 0 Å². The summed E-state index contributed by atoms with van der Waals surface area (Å²) >= 11 is -4.95. The molecule has 0 radical (unpaired) electrons. The quantitative estimate of drug-likeness (QED) is 0.226. The van der Waals surface area contributed by atoms with Crippen LogP contribution in [0.1, 0.15) is 79.1 Å². The van der Waals surface area contributed by atoms with Gasteiger partial charge >= 0.3 is 30.4 Å². The Labute approximate surface area is 141 Å². The number of hydrogen-bond donors (Lipinski definition) is 0. The topological polar surface area (TPSA) is 0 Å². The van der Waals surface area contributed by atoms with Gasteiger partial charge in [0, 0.05) is 7.26 Å². The van der Waals surface area contributed by atoms with Crippen LogP contribution in [0, 0.1) is 0 Å². The summed E-state index contributed by atoms with van der Waals surface area (Å²) in [4.78, 5) is 0. The molecule has 0 rings (SSSR count). The summed E-state index contributed by atoms with van der Waals surface area (Å²) in [5, 5.41) is 0. The Kier molecular flexibility index (Phi) is 20.1. The van der Waals surface area contributed by atoms with E-state index in [0.717, 1.165) is 0 Å². The van der Waals surface area contributed by atoms with Crippen LogP contribution in [-0.2, 0) is 0 Å². The molecule has 0 bridgehead atoms. The van der Waals surface area contributed by atoms with Gasteiger partial charge < -0.3 is 0 Å². The van der Waals surface area contributed by atoms with Gasteiger partial charge in [-0.25, -0.2) is 0 Å². The van der Waals surface area contributed by atoms with Gasteiger partial charge in [-0.15, -0.1) is 0 Å². The Morgan fingerprint density at radius 1 is 0.571 bits per heavy atom. The Morgan fingerprint density at radius 2 is 0.762 bits per heavy atom. The van der Waals surface area contributed by atoms with Crippen LogP contribution >= 0.6 is 7.26 Å². The van der Waals surface area contributed by atoms with Gasteiger partial charge in [-0.05, 0) is 25.7 Å². The Hall–Kier alpha value is 1.04. The third-order valence-electron chi connectivity index (χ3n) is 3.94. The van der Waals surface area contributed by atoms with Crippen molar-refractivity contribution < 1.29 is 8.44 Å². The van der Waals surface area contributed by atoms with E-state index in [1.54, 1.807) is 24.6 Å². The number of halogens is 3. The van der Waals surface area contributed by atoms with Gasteiger partial charge in [0.05, 0.1) is 24.6 Å². The second kappa shape index (κ2) is 17.4. The van der Waals surface area contributed by atoms with Gasteiger partial charge in [0.1, 0.15) is 0 Å². The molecule has 0 aliphatic carbocycles. The van der Waals surface area contributed by atoms with E-state index in [-0.39, 0.29) is 0 Å². The zero-order valence-corrected chi connectivity index (χ0v) is 18.0. The average molecular weight is 438 g/mol. The van der Waals surface area contributed by atoms with E-state index in [0.29, 0.717) is 0 Å². The molecule has 5 heteroatoms. The molecule has 0 aromatic carbocycles. The fourth-order valence-electron chi connectivity index (χ4n) is 2.64. The van der Waals surface area contributed by atoms with E-state index in [1.807, 2.05) is 0 Å². The summed E-state index contributed by atoms with van der Waals surface area (Å²) in [5.41, 5.74) is 0.